The van der Waals surface area contributed by atoms with Crippen molar-refractivity contribution in [3.8, 4) is 11.5 Å². The number of carbonyl (C=O) groups is 1. The molecule has 0 amide bonds. The number of aromatic carboxylic acids is 1. The van der Waals surface area contributed by atoms with Gasteiger partial charge in [-0.25, -0.2) is 4.79 Å². The van der Waals surface area contributed by atoms with Crippen molar-refractivity contribution in [1.29, 1.82) is 0 Å². The zero-order valence-electron chi connectivity index (χ0n) is 17.4. The number of rotatable bonds is 11. The van der Waals surface area contributed by atoms with Gasteiger partial charge in [0.25, 0.3) is 0 Å². The van der Waals surface area contributed by atoms with Gasteiger partial charge in [0.2, 0.25) is 0 Å². The number of aliphatic hydroxyl groups is 2. The number of carboxylic acid groups (broad SMARTS) is 1. The van der Waals surface area contributed by atoms with Gasteiger partial charge in [-0.3, -0.25) is 0 Å². The van der Waals surface area contributed by atoms with E-state index >= 15 is 0 Å². The Morgan fingerprint density at radius 3 is 1.74 bits per heavy atom. The molecule has 3 aromatic rings. The molecule has 8 heteroatoms. The molecular formula is C23H26O8. The highest BCUT2D eigenvalue weighted by Gasteiger charge is 2.19. The van der Waals surface area contributed by atoms with Crippen LogP contribution in [0.1, 0.15) is 10.4 Å². The summed E-state index contributed by atoms with van der Waals surface area (Å²) in [4.78, 5) is 11.6. The molecule has 0 aromatic heterocycles. The molecule has 31 heavy (non-hydrogen) atoms. The number of ether oxygens (including phenoxy) is 4. The normalized spacial score (nSPS) is 13.3. The molecule has 0 radical (unpaired) electrons. The third kappa shape index (κ3) is 5.23. The van der Waals surface area contributed by atoms with Crippen LogP contribution in [0.15, 0.2) is 42.5 Å². The van der Waals surface area contributed by atoms with Crippen LogP contribution < -0.4 is 9.47 Å². The number of aliphatic hydroxyl groups excluding tert-OH is 2. The van der Waals surface area contributed by atoms with Gasteiger partial charge in [-0.1, -0.05) is 24.3 Å². The molecule has 0 bridgehead atoms. The van der Waals surface area contributed by atoms with E-state index in [-0.39, 0.29) is 32.0 Å². The summed E-state index contributed by atoms with van der Waals surface area (Å²) >= 11 is 0. The Morgan fingerprint density at radius 2 is 1.26 bits per heavy atom. The van der Waals surface area contributed by atoms with E-state index in [1.54, 1.807) is 6.07 Å². The van der Waals surface area contributed by atoms with Gasteiger partial charge in [-0.2, -0.15) is 0 Å². The second-order valence-electron chi connectivity index (χ2n) is 7.11. The number of hydrogen-bond acceptors (Lipinski definition) is 7. The van der Waals surface area contributed by atoms with Crippen molar-refractivity contribution in [2.45, 2.75) is 12.2 Å². The van der Waals surface area contributed by atoms with Crippen molar-refractivity contribution >= 4 is 27.5 Å². The predicted molar refractivity (Wildman–Crippen MR) is 115 cm³/mol. The Balaban J connectivity index is 2.16. The van der Waals surface area contributed by atoms with Gasteiger partial charge >= 0.3 is 5.97 Å². The van der Waals surface area contributed by atoms with E-state index < -0.39 is 18.2 Å². The first-order valence-electron chi connectivity index (χ1n) is 9.77. The van der Waals surface area contributed by atoms with E-state index in [1.165, 1.54) is 26.4 Å². The molecule has 3 aromatic carbocycles. The van der Waals surface area contributed by atoms with Gasteiger partial charge in [0.15, 0.2) is 0 Å². The molecular weight excluding hydrogens is 404 g/mol. The highest BCUT2D eigenvalue weighted by molar-refractivity contribution is 6.12. The lowest BCUT2D eigenvalue weighted by Crippen LogP contribution is -2.23. The van der Waals surface area contributed by atoms with Gasteiger partial charge < -0.3 is 34.3 Å². The summed E-state index contributed by atoms with van der Waals surface area (Å²) in [7, 11) is 2.98. The minimum absolute atomic E-state index is 0.000370. The molecule has 0 saturated carbocycles. The Bertz CT molecular complexity index is 1050. The van der Waals surface area contributed by atoms with Crippen molar-refractivity contribution in [1.82, 2.24) is 0 Å². The monoisotopic (exact) mass is 430 g/mol. The van der Waals surface area contributed by atoms with Gasteiger partial charge in [0.05, 0.1) is 18.8 Å². The Hall–Kier alpha value is -2.91. The lowest BCUT2D eigenvalue weighted by molar-refractivity contribution is 0.0327. The second kappa shape index (κ2) is 10.4. The maximum atomic E-state index is 11.6. The first-order valence-corrected chi connectivity index (χ1v) is 9.77. The quantitative estimate of drug-likeness (QED) is 0.398. The summed E-state index contributed by atoms with van der Waals surface area (Å²) in [5.41, 5.74) is 0.0930. The Morgan fingerprint density at radius 1 is 0.774 bits per heavy atom. The van der Waals surface area contributed by atoms with Crippen LogP contribution in [0.25, 0.3) is 21.5 Å². The van der Waals surface area contributed by atoms with Crippen molar-refractivity contribution < 1.29 is 39.1 Å². The van der Waals surface area contributed by atoms with Gasteiger partial charge in [-0.05, 0) is 18.2 Å². The fourth-order valence-electron chi connectivity index (χ4n) is 3.38. The predicted octanol–water partition coefficient (Wildman–Crippen LogP) is 2.46. The third-order valence-electron chi connectivity index (χ3n) is 4.73. The van der Waals surface area contributed by atoms with Gasteiger partial charge in [0, 0.05) is 35.8 Å². The number of carboxylic acids is 1. The lowest BCUT2D eigenvalue weighted by atomic mass is 9.98. The Labute approximate surface area is 179 Å². The van der Waals surface area contributed by atoms with E-state index in [9.17, 15) is 20.1 Å². The van der Waals surface area contributed by atoms with Crippen LogP contribution in [0.3, 0.4) is 0 Å². The second-order valence-corrected chi connectivity index (χ2v) is 7.11. The maximum absolute atomic E-state index is 11.6. The smallest absolute Gasteiger partial charge is 0.335 e. The molecule has 0 saturated heterocycles. The van der Waals surface area contributed by atoms with Crippen molar-refractivity contribution in [3.63, 3.8) is 0 Å². The minimum Gasteiger partial charge on any atom is -0.489 e. The molecule has 2 atom stereocenters. The third-order valence-corrected chi connectivity index (χ3v) is 4.73. The lowest BCUT2D eigenvalue weighted by Gasteiger charge is -2.20. The molecule has 2 unspecified atom stereocenters. The van der Waals surface area contributed by atoms with Crippen LogP contribution in [0, 0.1) is 0 Å². The summed E-state index contributed by atoms with van der Waals surface area (Å²) < 4.78 is 21.8. The van der Waals surface area contributed by atoms with Crippen molar-refractivity contribution in [3.05, 3.63) is 48.0 Å². The van der Waals surface area contributed by atoms with Gasteiger partial charge in [-0.15, -0.1) is 0 Å². The fraction of sp³-hybridized carbons (Fsp3) is 0.348. The summed E-state index contributed by atoms with van der Waals surface area (Å²) in [5.74, 6) is -0.130. The molecule has 3 N–H and O–H groups in total. The van der Waals surface area contributed by atoms with E-state index in [1.807, 2.05) is 24.3 Å². The molecule has 0 heterocycles. The Kier molecular flexibility index (Phi) is 7.64. The number of fused-ring (bicyclic) bond motifs is 2. The molecule has 8 nitrogen and oxygen atoms in total. The van der Waals surface area contributed by atoms with E-state index in [0.29, 0.717) is 27.7 Å². The molecule has 0 aliphatic heterocycles. The van der Waals surface area contributed by atoms with Crippen molar-refractivity contribution in [2.24, 2.45) is 0 Å². The first kappa shape index (κ1) is 22.8. The number of methoxy groups -OCH3 is 2. The highest BCUT2D eigenvalue weighted by atomic mass is 16.5. The standard InChI is InChI=1S/C23H26O8/c1-28-10-15(24)12-30-21-17-5-3-4-6-18(17)22(31-13-16(25)11-29-2)20-9-14(23(26)27)7-8-19(20)21/h3-9,15-16,24-25H,10-13H2,1-2H3,(H,26,27). The van der Waals surface area contributed by atoms with Crippen LogP contribution in [0.5, 0.6) is 11.5 Å². The van der Waals surface area contributed by atoms with Gasteiger partial charge in [0.1, 0.15) is 36.9 Å². The summed E-state index contributed by atoms with van der Waals surface area (Å²) in [6.07, 6.45) is -1.67. The average molecular weight is 430 g/mol. The maximum Gasteiger partial charge on any atom is 0.335 e. The summed E-state index contributed by atoms with van der Waals surface area (Å²) in [6, 6.07) is 12.0. The van der Waals surface area contributed by atoms with Crippen LogP contribution in [0.4, 0.5) is 0 Å². The topological polar surface area (TPSA) is 115 Å². The highest BCUT2D eigenvalue weighted by Crippen LogP contribution is 2.43. The largest absolute Gasteiger partial charge is 0.489 e. The van der Waals surface area contributed by atoms with Crippen LogP contribution in [-0.2, 0) is 9.47 Å². The molecule has 0 spiro atoms. The average Bonchev–Trinajstić information content (AvgIpc) is 2.76. The molecule has 166 valence electrons. The van der Waals surface area contributed by atoms with E-state index in [2.05, 4.69) is 0 Å². The zero-order valence-corrected chi connectivity index (χ0v) is 17.4. The minimum atomic E-state index is -1.07. The van der Waals surface area contributed by atoms with E-state index in [4.69, 9.17) is 18.9 Å². The first-order chi connectivity index (χ1) is 15.0. The SMILES string of the molecule is COCC(O)COc1c2ccccc2c(OCC(O)COC)c2cc(C(=O)O)ccc12. The van der Waals surface area contributed by atoms with Crippen LogP contribution in [-0.4, -0.2) is 74.1 Å². The summed E-state index contributed by atoms with van der Waals surface area (Å²) in [6.45, 7) is 0.198. The van der Waals surface area contributed by atoms with E-state index in [0.717, 1.165) is 5.39 Å². The summed E-state index contributed by atoms with van der Waals surface area (Å²) in [5, 5.41) is 32.1. The molecule has 3 rings (SSSR count). The molecule has 0 aliphatic rings. The zero-order chi connectivity index (χ0) is 22.4. The fourth-order valence-corrected chi connectivity index (χ4v) is 3.38. The molecule has 0 aliphatic carbocycles. The number of benzene rings is 3. The molecule has 0 fully saturated rings. The van der Waals surface area contributed by atoms with Crippen LogP contribution in [0.2, 0.25) is 0 Å². The van der Waals surface area contributed by atoms with Crippen LogP contribution >= 0.6 is 0 Å². The number of hydrogen-bond donors (Lipinski definition) is 3. The van der Waals surface area contributed by atoms with Crippen molar-refractivity contribution in [2.75, 3.05) is 40.6 Å².